The van der Waals surface area contributed by atoms with Crippen molar-refractivity contribution in [3.05, 3.63) is 70.2 Å². The van der Waals surface area contributed by atoms with Crippen LogP contribution in [-0.4, -0.2) is 26.3 Å². The molecule has 0 saturated heterocycles. The second-order valence-corrected chi connectivity index (χ2v) is 8.54. The summed E-state index contributed by atoms with van der Waals surface area (Å²) in [6, 6.07) is 10.9. The maximum Gasteiger partial charge on any atom is 0.263 e. The van der Waals surface area contributed by atoms with Crippen molar-refractivity contribution in [2.75, 3.05) is 11.8 Å². The van der Waals surface area contributed by atoms with Crippen molar-refractivity contribution in [2.45, 2.75) is 11.3 Å². The minimum atomic E-state index is -3.72. The summed E-state index contributed by atoms with van der Waals surface area (Å²) in [6.45, 7) is 0. The number of halogens is 1. The monoisotopic (exact) mass is 422 g/mol. The Kier molecular flexibility index (Phi) is 5.79. The summed E-state index contributed by atoms with van der Waals surface area (Å²) in [7, 11) is -2.24. The molecule has 0 aliphatic heterocycles. The van der Waals surface area contributed by atoms with Gasteiger partial charge in [-0.15, -0.1) is 11.3 Å². The maximum atomic E-state index is 12.6. The Balaban J connectivity index is 1.76. The van der Waals surface area contributed by atoms with E-state index in [0.717, 1.165) is 0 Å². The lowest BCUT2D eigenvalue weighted by Crippen LogP contribution is -2.13. The van der Waals surface area contributed by atoms with Crippen molar-refractivity contribution in [1.29, 1.82) is 0 Å². The van der Waals surface area contributed by atoms with E-state index in [1.807, 2.05) is 0 Å². The Morgan fingerprint density at radius 2 is 1.96 bits per heavy atom. The number of carbonyl (C=O) groups excluding carboxylic acids is 1. The van der Waals surface area contributed by atoms with Crippen LogP contribution in [0.15, 0.2) is 58.9 Å². The summed E-state index contributed by atoms with van der Waals surface area (Å²) in [5.41, 5.74) is 1.06. The van der Waals surface area contributed by atoms with Gasteiger partial charge in [-0.3, -0.25) is 9.52 Å². The third kappa shape index (κ3) is 4.65. The highest BCUT2D eigenvalue weighted by molar-refractivity contribution is 7.93. The number of hydrogen-bond donors (Lipinski definition) is 1. The molecule has 1 aromatic heterocycles. The molecule has 1 N–H and O–H groups in total. The summed E-state index contributed by atoms with van der Waals surface area (Å²) < 4.78 is 32.3. The number of hydrogen-bond acceptors (Lipinski definition) is 6. The van der Waals surface area contributed by atoms with E-state index in [0.29, 0.717) is 27.0 Å². The van der Waals surface area contributed by atoms with Crippen LogP contribution >= 0.6 is 22.9 Å². The van der Waals surface area contributed by atoms with E-state index in [4.69, 9.17) is 16.3 Å². The normalized spacial score (nSPS) is 11.2. The molecule has 0 unspecified atom stereocenters. The van der Waals surface area contributed by atoms with E-state index >= 15 is 0 Å². The molecular formula is C18H15ClN2O4S2. The zero-order valence-electron chi connectivity index (χ0n) is 14.2. The number of anilines is 1. The molecule has 0 fully saturated rings. The number of ketones is 1. The molecule has 2 aromatic carbocycles. The molecule has 9 heteroatoms. The summed E-state index contributed by atoms with van der Waals surface area (Å²) in [4.78, 5) is 16.6. The molecule has 0 radical (unpaired) electrons. The van der Waals surface area contributed by atoms with E-state index in [-0.39, 0.29) is 17.1 Å². The highest BCUT2D eigenvalue weighted by Gasteiger charge is 2.17. The largest absolute Gasteiger partial charge is 0.496 e. The predicted molar refractivity (Wildman–Crippen MR) is 105 cm³/mol. The Morgan fingerprint density at radius 3 is 2.59 bits per heavy atom. The van der Waals surface area contributed by atoms with Crippen LogP contribution in [0.5, 0.6) is 5.75 Å². The van der Waals surface area contributed by atoms with Crippen LogP contribution in [-0.2, 0) is 16.4 Å². The lowest BCUT2D eigenvalue weighted by atomic mass is 10.0. The second-order valence-electron chi connectivity index (χ2n) is 5.53. The number of nitrogens with zero attached hydrogens (tertiary/aromatic N) is 1. The Hall–Kier alpha value is -2.42. The van der Waals surface area contributed by atoms with Crippen LogP contribution in [0.1, 0.15) is 15.9 Å². The molecule has 0 atom stereocenters. The van der Waals surface area contributed by atoms with Gasteiger partial charge in [0.1, 0.15) is 5.75 Å². The number of carbonyl (C=O) groups is 1. The highest BCUT2D eigenvalue weighted by Crippen LogP contribution is 2.25. The number of Topliss-reactive ketones (excluding diaryl/α,β-unsaturated/α-hetero) is 1. The minimum Gasteiger partial charge on any atom is -0.496 e. The van der Waals surface area contributed by atoms with E-state index in [2.05, 4.69) is 9.71 Å². The number of nitrogens with one attached hydrogen (secondary N) is 1. The van der Waals surface area contributed by atoms with Crippen molar-refractivity contribution >= 4 is 43.9 Å². The summed E-state index contributed by atoms with van der Waals surface area (Å²) in [5.74, 6) is 0.266. The van der Waals surface area contributed by atoms with Gasteiger partial charge in [-0.2, -0.15) is 0 Å². The molecule has 0 saturated carbocycles. The lowest BCUT2D eigenvalue weighted by Gasteiger charge is -2.09. The first-order valence-corrected chi connectivity index (χ1v) is 10.5. The van der Waals surface area contributed by atoms with Gasteiger partial charge in [0.2, 0.25) is 0 Å². The van der Waals surface area contributed by atoms with Gasteiger partial charge in [-0.25, -0.2) is 13.4 Å². The number of methoxy groups -OCH3 is 1. The van der Waals surface area contributed by atoms with Crippen molar-refractivity contribution in [1.82, 2.24) is 4.98 Å². The lowest BCUT2D eigenvalue weighted by molar-refractivity contribution is 0.0990. The fraction of sp³-hybridized carbons (Fsp3) is 0.111. The maximum absolute atomic E-state index is 12.6. The van der Waals surface area contributed by atoms with Crippen LogP contribution < -0.4 is 9.46 Å². The van der Waals surface area contributed by atoms with Crippen LogP contribution in [0, 0.1) is 0 Å². The Labute approximate surface area is 165 Å². The van der Waals surface area contributed by atoms with Crippen molar-refractivity contribution in [3.63, 3.8) is 0 Å². The van der Waals surface area contributed by atoms with Gasteiger partial charge < -0.3 is 4.74 Å². The van der Waals surface area contributed by atoms with Gasteiger partial charge in [0.05, 0.1) is 17.6 Å². The van der Waals surface area contributed by atoms with Crippen molar-refractivity contribution in [3.8, 4) is 5.75 Å². The molecule has 0 aliphatic rings. The van der Waals surface area contributed by atoms with E-state index in [1.54, 1.807) is 35.7 Å². The van der Waals surface area contributed by atoms with Crippen LogP contribution in [0.25, 0.3) is 0 Å². The van der Waals surface area contributed by atoms with Gasteiger partial charge >= 0.3 is 0 Å². The minimum absolute atomic E-state index is 0.0919. The number of rotatable bonds is 7. The molecule has 1 heterocycles. The molecule has 0 amide bonds. The topological polar surface area (TPSA) is 85.4 Å². The van der Waals surface area contributed by atoms with Gasteiger partial charge in [-0.05, 0) is 35.9 Å². The summed E-state index contributed by atoms with van der Waals surface area (Å²) >= 11 is 7.15. The van der Waals surface area contributed by atoms with Gasteiger partial charge in [0.25, 0.3) is 10.0 Å². The van der Waals surface area contributed by atoms with Crippen LogP contribution in [0.3, 0.4) is 0 Å². The molecule has 3 aromatic rings. The average Bonchev–Trinajstić information content (AvgIpc) is 3.14. The predicted octanol–water partition coefficient (Wildman–Crippen LogP) is 4.03. The third-order valence-corrected chi connectivity index (χ3v) is 6.12. The summed E-state index contributed by atoms with van der Waals surface area (Å²) in [5, 5.41) is 2.41. The zero-order chi connectivity index (χ0) is 19.4. The molecule has 0 spiro atoms. The van der Waals surface area contributed by atoms with Crippen LogP contribution in [0.2, 0.25) is 5.02 Å². The molecule has 27 heavy (non-hydrogen) atoms. The fourth-order valence-corrected chi connectivity index (χ4v) is 4.37. The van der Waals surface area contributed by atoms with Crippen molar-refractivity contribution < 1.29 is 17.9 Å². The third-order valence-electron chi connectivity index (χ3n) is 3.71. The number of benzene rings is 2. The number of sulfonamides is 1. The molecule has 0 bridgehead atoms. The number of ether oxygens (including phenoxy) is 1. The first kappa shape index (κ1) is 19.3. The SMILES string of the molecule is COc1ccc(Cl)cc1C(=O)Cc1ccc(S(=O)(=O)Nc2nccs2)cc1. The average molecular weight is 423 g/mol. The first-order valence-electron chi connectivity index (χ1n) is 7.77. The van der Waals surface area contributed by atoms with Crippen LogP contribution in [0.4, 0.5) is 5.13 Å². The molecule has 0 aliphatic carbocycles. The Bertz CT molecular complexity index is 1050. The van der Waals surface area contributed by atoms with Crippen molar-refractivity contribution in [2.24, 2.45) is 0 Å². The standard InChI is InChI=1S/C18H15ClN2O4S2/c1-25-17-7-4-13(19)11-15(17)16(22)10-12-2-5-14(6-3-12)27(23,24)21-18-20-8-9-26-18/h2-9,11H,10H2,1H3,(H,20,21). The number of thiazole rings is 1. The smallest absolute Gasteiger partial charge is 0.263 e. The fourth-order valence-electron chi connectivity index (χ4n) is 2.41. The number of aromatic nitrogens is 1. The molecule has 3 rings (SSSR count). The molecular weight excluding hydrogens is 408 g/mol. The Morgan fingerprint density at radius 1 is 1.22 bits per heavy atom. The van der Waals surface area contributed by atoms with E-state index in [9.17, 15) is 13.2 Å². The molecule has 6 nitrogen and oxygen atoms in total. The second kappa shape index (κ2) is 8.08. The van der Waals surface area contributed by atoms with Gasteiger partial charge in [0.15, 0.2) is 10.9 Å². The first-order chi connectivity index (χ1) is 12.9. The van der Waals surface area contributed by atoms with E-state index < -0.39 is 10.0 Å². The zero-order valence-corrected chi connectivity index (χ0v) is 16.6. The molecule has 140 valence electrons. The summed E-state index contributed by atoms with van der Waals surface area (Å²) in [6.07, 6.45) is 1.61. The highest BCUT2D eigenvalue weighted by atomic mass is 35.5. The van der Waals surface area contributed by atoms with E-state index in [1.165, 1.54) is 36.8 Å². The van der Waals surface area contributed by atoms with Gasteiger partial charge in [-0.1, -0.05) is 23.7 Å². The quantitative estimate of drug-likeness (QED) is 0.581. The van der Waals surface area contributed by atoms with Gasteiger partial charge in [0, 0.05) is 23.0 Å².